The molecule has 1 unspecified atom stereocenters. The molecule has 2 N–H and O–H groups in total. The summed E-state index contributed by atoms with van der Waals surface area (Å²) in [5.41, 5.74) is 1.52. The topological polar surface area (TPSA) is 62.5 Å². The zero-order valence-electron chi connectivity index (χ0n) is 10.4. The Kier molecular flexibility index (Phi) is 4.39. The van der Waals surface area contributed by atoms with Crippen LogP contribution in [-0.4, -0.2) is 17.6 Å². The number of furan rings is 1. The Morgan fingerprint density at radius 3 is 2.89 bits per heavy atom. The molecule has 0 bridgehead atoms. The van der Waals surface area contributed by atoms with E-state index in [1.165, 1.54) is 6.26 Å². The molecule has 0 saturated carbocycles. The SMILES string of the molecule is Cc1ccc(Br)c(C(=O)NC(CO)c2ccco2)c1. The van der Waals surface area contributed by atoms with Crippen LogP contribution in [0.25, 0.3) is 0 Å². The van der Waals surface area contributed by atoms with Crippen LogP contribution in [0.1, 0.15) is 27.7 Å². The second kappa shape index (κ2) is 6.04. The molecule has 2 rings (SSSR count). The Hall–Kier alpha value is -1.59. The van der Waals surface area contributed by atoms with Crippen LogP contribution < -0.4 is 5.32 Å². The second-order valence-electron chi connectivity index (χ2n) is 4.21. The van der Waals surface area contributed by atoms with Gasteiger partial charge in [-0.15, -0.1) is 0 Å². The molecule has 1 atom stereocenters. The number of hydrogen-bond acceptors (Lipinski definition) is 3. The van der Waals surface area contributed by atoms with Gasteiger partial charge in [0.05, 0.1) is 18.4 Å². The summed E-state index contributed by atoms with van der Waals surface area (Å²) in [6, 6.07) is 8.41. The maximum Gasteiger partial charge on any atom is 0.253 e. The molecule has 0 saturated heterocycles. The van der Waals surface area contributed by atoms with Crippen LogP contribution in [0.15, 0.2) is 45.5 Å². The van der Waals surface area contributed by atoms with Gasteiger partial charge in [0.25, 0.3) is 5.91 Å². The van der Waals surface area contributed by atoms with Gasteiger partial charge < -0.3 is 14.8 Å². The molecular weight excluding hydrogens is 310 g/mol. The number of carbonyl (C=O) groups excluding carboxylic acids is 1. The fourth-order valence-corrected chi connectivity index (χ4v) is 2.17. The van der Waals surface area contributed by atoms with Crippen molar-refractivity contribution in [2.75, 3.05) is 6.61 Å². The summed E-state index contributed by atoms with van der Waals surface area (Å²) in [5.74, 6) is 0.269. The van der Waals surface area contributed by atoms with Crippen LogP contribution in [0, 0.1) is 6.92 Å². The van der Waals surface area contributed by atoms with Crippen molar-refractivity contribution in [3.63, 3.8) is 0 Å². The fourth-order valence-electron chi connectivity index (χ4n) is 1.75. The van der Waals surface area contributed by atoms with E-state index in [-0.39, 0.29) is 12.5 Å². The molecule has 1 aromatic carbocycles. The van der Waals surface area contributed by atoms with Gasteiger partial charge in [0.2, 0.25) is 0 Å². The summed E-state index contributed by atoms with van der Waals surface area (Å²) in [7, 11) is 0. The van der Waals surface area contributed by atoms with Gasteiger partial charge in [0.1, 0.15) is 11.8 Å². The van der Waals surface area contributed by atoms with Crippen LogP contribution in [0.4, 0.5) is 0 Å². The van der Waals surface area contributed by atoms with E-state index in [2.05, 4.69) is 21.2 Å². The first-order valence-corrected chi connectivity index (χ1v) is 6.62. The van der Waals surface area contributed by atoms with Gasteiger partial charge in [-0.3, -0.25) is 4.79 Å². The van der Waals surface area contributed by atoms with Crippen LogP contribution in [0.3, 0.4) is 0 Å². The molecule has 19 heavy (non-hydrogen) atoms. The molecular formula is C14H14BrNO3. The number of aryl methyl sites for hydroxylation is 1. The predicted molar refractivity (Wildman–Crippen MR) is 74.9 cm³/mol. The summed E-state index contributed by atoms with van der Waals surface area (Å²) < 4.78 is 5.91. The summed E-state index contributed by atoms with van der Waals surface area (Å²) in [4.78, 5) is 12.2. The van der Waals surface area contributed by atoms with Crippen molar-refractivity contribution in [2.24, 2.45) is 0 Å². The number of rotatable bonds is 4. The smallest absolute Gasteiger partial charge is 0.253 e. The monoisotopic (exact) mass is 323 g/mol. The van der Waals surface area contributed by atoms with Gasteiger partial charge in [-0.2, -0.15) is 0 Å². The normalized spacial score (nSPS) is 12.2. The van der Waals surface area contributed by atoms with E-state index in [0.717, 1.165) is 5.56 Å². The largest absolute Gasteiger partial charge is 0.467 e. The molecule has 0 spiro atoms. The average Bonchev–Trinajstić information content (AvgIpc) is 2.92. The van der Waals surface area contributed by atoms with Gasteiger partial charge in [0, 0.05) is 4.47 Å². The number of benzene rings is 1. The lowest BCUT2D eigenvalue weighted by atomic mass is 10.1. The molecule has 1 amide bonds. The van der Waals surface area contributed by atoms with E-state index < -0.39 is 6.04 Å². The Morgan fingerprint density at radius 2 is 2.26 bits per heavy atom. The molecule has 0 aliphatic rings. The van der Waals surface area contributed by atoms with E-state index in [1.807, 2.05) is 19.1 Å². The van der Waals surface area contributed by atoms with Gasteiger partial charge in [-0.05, 0) is 47.1 Å². The zero-order valence-corrected chi connectivity index (χ0v) is 12.0. The highest BCUT2D eigenvalue weighted by molar-refractivity contribution is 9.10. The van der Waals surface area contributed by atoms with E-state index in [9.17, 15) is 9.90 Å². The molecule has 0 aliphatic heterocycles. The Morgan fingerprint density at radius 1 is 1.47 bits per heavy atom. The molecule has 5 heteroatoms. The Balaban J connectivity index is 2.18. The molecule has 100 valence electrons. The van der Waals surface area contributed by atoms with Gasteiger partial charge in [-0.1, -0.05) is 11.6 Å². The number of aliphatic hydroxyl groups excluding tert-OH is 1. The molecule has 1 heterocycles. The van der Waals surface area contributed by atoms with Crippen molar-refractivity contribution in [1.29, 1.82) is 0 Å². The number of hydrogen-bond donors (Lipinski definition) is 2. The van der Waals surface area contributed by atoms with E-state index in [1.54, 1.807) is 18.2 Å². The number of amides is 1. The van der Waals surface area contributed by atoms with E-state index in [4.69, 9.17) is 4.42 Å². The first kappa shape index (κ1) is 13.8. The van der Waals surface area contributed by atoms with Gasteiger partial charge in [0.15, 0.2) is 0 Å². The highest BCUT2D eigenvalue weighted by atomic mass is 79.9. The first-order valence-electron chi connectivity index (χ1n) is 5.83. The molecule has 0 fully saturated rings. The van der Waals surface area contributed by atoms with Crippen LogP contribution in [0.5, 0.6) is 0 Å². The van der Waals surface area contributed by atoms with Crippen molar-refractivity contribution in [1.82, 2.24) is 5.32 Å². The number of carbonyl (C=O) groups is 1. The number of aliphatic hydroxyl groups is 1. The molecule has 1 aromatic heterocycles. The zero-order chi connectivity index (χ0) is 13.8. The van der Waals surface area contributed by atoms with Crippen molar-refractivity contribution in [2.45, 2.75) is 13.0 Å². The summed E-state index contributed by atoms with van der Waals surface area (Å²) in [6.45, 7) is 1.70. The minimum Gasteiger partial charge on any atom is -0.467 e. The van der Waals surface area contributed by atoms with Crippen LogP contribution in [-0.2, 0) is 0 Å². The lowest BCUT2D eigenvalue weighted by molar-refractivity contribution is 0.0906. The van der Waals surface area contributed by atoms with E-state index >= 15 is 0 Å². The minimum absolute atomic E-state index is 0.220. The Labute approximate surface area is 119 Å². The van der Waals surface area contributed by atoms with Crippen molar-refractivity contribution >= 4 is 21.8 Å². The third-order valence-corrected chi connectivity index (χ3v) is 3.43. The van der Waals surface area contributed by atoms with Gasteiger partial charge >= 0.3 is 0 Å². The summed E-state index contributed by atoms with van der Waals surface area (Å²) >= 11 is 3.34. The van der Waals surface area contributed by atoms with Gasteiger partial charge in [-0.25, -0.2) is 0 Å². The van der Waals surface area contributed by atoms with Crippen LogP contribution >= 0.6 is 15.9 Å². The Bertz CT molecular complexity index is 566. The quantitative estimate of drug-likeness (QED) is 0.909. The first-order chi connectivity index (χ1) is 9.11. The molecule has 4 nitrogen and oxygen atoms in total. The number of nitrogens with one attached hydrogen (secondary N) is 1. The van der Waals surface area contributed by atoms with Crippen molar-refractivity contribution in [3.8, 4) is 0 Å². The third kappa shape index (κ3) is 3.24. The fraction of sp³-hybridized carbons (Fsp3) is 0.214. The van der Waals surface area contributed by atoms with Crippen molar-refractivity contribution in [3.05, 3.63) is 58.0 Å². The summed E-state index contributed by atoms with van der Waals surface area (Å²) in [6.07, 6.45) is 1.51. The lowest BCUT2D eigenvalue weighted by Crippen LogP contribution is -2.30. The van der Waals surface area contributed by atoms with Crippen LogP contribution in [0.2, 0.25) is 0 Å². The van der Waals surface area contributed by atoms with Crippen molar-refractivity contribution < 1.29 is 14.3 Å². The maximum atomic E-state index is 12.2. The minimum atomic E-state index is -0.546. The molecule has 0 aliphatic carbocycles. The third-order valence-electron chi connectivity index (χ3n) is 2.74. The maximum absolute atomic E-state index is 12.2. The highest BCUT2D eigenvalue weighted by Crippen LogP contribution is 2.20. The average molecular weight is 324 g/mol. The molecule has 2 aromatic rings. The highest BCUT2D eigenvalue weighted by Gasteiger charge is 2.18. The summed E-state index contributed by atoms with van der Waals surface area (Å²) in [5, 5.41) is 12.1. The second-order valence-corrected chi connectivity index (χ2v) is 5.06. The number of halogens is 1. The lowest BCUT2D eigenvalue weighted by Gasteiger charge is -2.14. The molecule has 0 radical (unpaired) electrons. The predicted octanol–water partition coefficient (Wildman–Crippen LogP) is 2.81. The van der Waals surface area contributed by atoms with E-state index in [0.29, 0.717) is 15.8 Å². The standard InChI is InChI=1S/C14H14BrNO3/c1-9-4-5-11(15)10(7-9)14(18)16-12(8-17)13-3-2-6-19-13/h2-7,12,17H,8H2,1H3,(H,16,18).